The number of nitrogens with one attached hydrogen (secondary N) is 1. The fourth-order valence-corrected chi connectivity index (χ4v) is 6.67. The highest BCUT2D eigenvalue weighted by Crippen LogP contribution is 2.42. The van der Waals surface area contributed by atoms with E-state index in [4.69, 9.17) is 11.6 Å². The molecule has 1 saturated heterocycles. The zero-order valence-electron chi connectivity index (χ0n) is 24.1. The normalized spacial score (nSPS) is 16.2. The summed E-state index contributed by atoms with van der Waals surface area (Å²) in [5.74, 6) is -0.658. The molecule has 4 aromatic rings. The van der Waals surface area contributed by atoms with Gasteiger partial charge in [0.05, 0.1) is 17.1 Å². The van der Waals surface area contributed by atoms with Crippen molar-refractivity contribution in [2.45, 2.75) is 11.4 Å². The smallest absolute Gasteiger partial charge is 0.265 e. The SMILES string of the molecule is O=C(NCCN1CCN(c2cccc(Cl)c2)CC1)c1ccc(/C=C2\Sc3ccccc3N(Cc3ccccc3F)C2=O)cc1. The molecule has 6 rings (SSSR count). The number of benzene rings is 4. The van der Waals surface area contributed by atoms with E-state index in [0.29, 0.717) is 22.6 Å². The summed E-state index contributed by atoms with van der Waals surface area (Å²) in [4.78, 5) is 34.2. The number of fused-ring (bicyclic) bond motifs is 1. The lowest BCUT2D eigenvalue weighted by Gasteiger charge is -2.36. The predicted molar refractivity (Wildman–Crippen MR) is 177 cm³/mol. The molecule has 0 radical (unpaired) electrons. The number of carbonyl (C=O) groups is 2. The van der Waals surface area contributed by atoms with Crippen LogP contribution < -0.4 is 15.1 Å². The minimum absolute atomic E-state index is 0.130. The van der Waals surface area contributed by atoms with Crippen LogP contribution in [0.3, 0.4) is 0 Å². The summed E-state index contributed by atoms with van der Waals surface area (Å²) in [5.41, 5.74) is 3.72. The Morgan fingerprint density at radius 1 is 0.909 bits per heavy atom. The minimum atomic E-state index is -0.341. The highest BCUT2D eigenvalue weighted by Gasteiger charge is 2.29. The fraction of sp³-hybridized carbons (Fsp3) is 0.200. The molecule has 1 fully saturated rings. The van der Waals surface area contributed by atoms with Crippen LogP contribution in [0, 0.1) is 5.82 Å². The van der Waals surface area contributed by atoms with Gasteiger partial charge in [-0.25, -0.2) is 4.39 Å². The zero-order chi connectivity index (χ0) is 30.5. The fourth-order valence-electron chi connectivity index (χ4n) is 5.43. The van der Waals surface area contributed by atoms with Gasteiger partial charge in [-0.15, -0.1) is 0 Å². The lowest BCUT2D eigenvalue weighted by Crippen LogP contribution is -2.48. The van der Waals surface area contributed by atoms with E-state index in [1.54, 1.807) is 35.2 Å². The van der Waals surface area contributed by atoms with Crippen LogP contribution in [-0.2, 0) is 11.3 Å². The number of halogens is 2. The minimum Gasteiger partial charge on any atom is -0.369 e. The van der Waals surface area contributed by atoms with Gasteiger partial charge in [0.15, 0.2) is 0 Å². The van der Waals surface area contributed by atoms with Gasteiger partial charge in [0, 0.05) is 66.0 Å². The first kappa shape index (κ1) is 29.9. The number of piperazine rings is 1. The number of hydrogen-bond acceptors (Lipinski definition) is 5. The van der Waals surface area contributed by atoms with E-state index >= 15 is 0 Å². The van der Waals surface area contributed by atoms with Crippen molar-refractivity contribution in [3.63, 3.8) is 0 Å². The van der Waals surface area contributed by atoms with Gasteiger partial charge in [0.2, 0.25) is 0 Å². The third-order valence-corrected chi connectivity index (χ3v) is 9.16. The Morgan fingerprint density at radius 3 is 2.43 bits per heavy atom. The maximum absolute atomic E-state index is 14.5. The van der Waals surface area contributed by atoms with Crippen LogP contribution in [0.4, 0.5) is 15.8 Å². The Kier molecular flexibility index (Phi) is 9.31. The molecular weight excluding hydrogens is 595 g/mol. The summed E-state index contributed by atoms with van der Waals surface area (Å²) in [5, 5.41) is 3.77. The number of anilines is 2. The van der Waals surface area contributed by atoms with Crippen molar-refractivity contribution in [1.82, 2.24) is 10.2 Å². The van der Waals surface area contributed by atoms with Crippen LogP contribution in [0.15, 0.2) is 107 Å². The largest absolute Gasteiger partial charge is 0.369 e. The number of nitrogens with zero attached hydrogens (tertiary/aromatic N) is 3. The number of para-hydroxylation sites is 1. The quantitative estimate of drug-likeness (QED) is 0.220. The van der Waals surface area contributed by atoms with Gasteiger partial charge < -0.3 is 15.1 Å². The van der Waals surface area contributed by atoms with Crippen molar-refractivity contribution in [3.05, 3.63) is 129 Å². The Bertz CT molecular complexity index is 1690. The van der Waals surface area contributed by atoms with Gasteiger partial charge in [-0.2, -0.15) is 0 Å². The van der Waals surface area contributed by atoms with E-state index < -0.39 is 0 Å². The van der Waals surface area contributed by atoms with Crippen LogP contribution in [-0.4, -0.2) is 56.0 Å². The van der Waals surface area contributed by atoms with Crippen molar-refractivity contribution >= 4 is 52.6 Å². The van der Waals surface area contributed by atoms with Crippen molar-refractivity contribution in [2.75, 3.05) is 49.1 Å². The molecule has 0 saturated carbocycles. The average Bonchev–Trinajstić information content (AvgIpc) is 3.04. The molecule has 2 amide bonds. The first-order valence-electron chi connectivity index (χ1n) is 14.6. The summed E-state index contributed by atoms with van der Waals surface area (Å²) in [6, 6.07) is 29.3. The van der Waals surface area contributed by atoms with Crippen LogP contribution in [0.2, 0.25) is 5.02 Å². The Morgan fingerprint density at radius 2 is 1.66 bits per heavy atom. The molecule has 0 spiro atoms. The van der Waals surface area contributed by atoms with Crippen LogP contribution in [0.5, 0.6) is 0 Å². The van der Waals surface area contributed by atoms with E-state index in [-0.39, 0.29) is 24.2 Å². The molecule has 0 aromatic heterocycles. The number of thioether (sulfide) groups is 1. The average molecular weight is 627 g/mol. The topological polar surface area (TPSA) is 55.9 Å². The molecule has 224 valence electrons. The van der Waals surface area contributed by atoms with Crippen molar-refractivity contribution < 1.29 is 14.0 Å². The van der Waals surface area contributed by atoms with Crippen molar-refractivity contribution in [2.24, 2.45) is 0 Å². The van der Waals surface area contributed by atoms with E-state index in [1.165, 1.54) is 17.8 Å². The Labute approximate surface area is 266 Å². The molecule has 9 heteroatoms. The van der Waals surface area contributed by atoms with E-state index in [0.717, 1.165) is 59.6 Å². The maximum atomic E-state index is 14.5. The van der Waals surface area contributed by atoms with E-state index in [9.17, 15) is 14.0 Å². The molecule has 4 aromatic carbocycles. The molecule has 44 heavy (non-hydrogen) atoms. The molecule has 2 aliphatic heterocycles. The first-order chi connectivity index (χ1) is 21.4. The second kappa shape index (κ2) is 13.7. The number of rotatable bonds is 8. The summed E-state index contributed by atoms with van der Waals surface area (Å²) in [7, 11) is 0. The second-order valence-electron chi connectivity index (χ2n) is 10.7. The summed E-state index contributed by atoms with van der Waals surface area (Å²) in [6.07, 6.45) is 1.82. The van der Waals surface area contributed by atoms with E-state index in [1.807, 2.05) is 60.7 Å². The summed E-state index contributed by atoms with van der Waals surface area (Å²) >= 11 is 7.54. The standard InChI is InChI=1S/C35H32ClFN4O2S/c36-28-7-5-8-29(23-28)40-20-18-39(19-21-40)17-16-38-34(42)26-14-12-25(13-15-26)22-33-35(43)41(24-27-6-1-2-9-30(27)37)31-10-3-4-11-32(31)44-33/h1-15,22-23H,16-21,24H2,(H,38,42)/b33-22-. The number of hydrogen-bond donors (Lipinski definition) is 1. The van der Waals surface area contributed by atoms with Gasteiger partial charge in [0.1, 0.15) is 5.82 Å². The molecule has 6 nitrogen and oxygen atoms in total. The number of amides is 2. The lowest BCUT2D eigenvalue weighted by molar-refractivity contribution is -0.114. The monoisotopic (exact) mass is 626 g/mol. The van der Waals surface area contributed by atoms with Crippen molar-refractivity contribution in [3.8, 4) is 0 Å². The first-order valence-corrected chi connectivity index (χ1v) is 15.8. The molecule has 0 unspecified atom stereocenters. The summed E-state index contributed by atoms with van der Waals surface area (Å²) < 4.78 is 14.5. The third kappa shape index (κ3) is 6.99. The molecule has 0 bridgehead atoms. The van der Waals surface area contributed by atoms with Crippen molar-refractivity contribution in [1.29, 1.82) is 0 Å². The Hall–Kier alpha value is -4.11. The molecule has 1 N–H and O–H groups in total. The van der Waals surface area contributed by atoms with Gasteiger partial charge in [-0.1, -0.05) is 71.9 Å². The zero-order valence-corrected chi connectivity index (χ0v) is 25.7. The predicted octanol–water partition coefficient (Wildman–Crippen LogP) is 6.71. The highest BCUT2D eigenvalue weighted by molar-refractivity contribution is 8.04. The van der Waals surface area contributed by atoms with Crippen LogP contribution in [0.25, 0.3) is 6.08 Å². The van der Waals surface area contributed by atoms with Gasteiger partial charge >= 0.3 is 0 Å². The molecule has 0 atom stereocenters. The van der Waals surface area contributed by atoms with Gasteiger partial charge in [0.25, 0.3) is 11.8 Å². The van der Waals surface area contributed by atoms with Crippen LogP contribution >= 0.6 is 23.4 Å². The summed E-state index contributed by atoms with van der Waals surface area (Å²) in [6.45, 7) is 5.15. The van der Waals surface area contributed by atoms with Gasteiger partial charge in [-0.3, -0.25) is 14.5 Å². The lowest BCUT2D eigenvalue weighted by atomic mass is 10.1. The molecule has 2 aliphatic rings. The highest BCUT2D eigenvalue weighted by atomic mass is 35.5. The molecular formula is C35H32ClFN4O2S. The Balaban J connectivity index is 1.04. The van der Waals surface area contributed by atoms with Gasteiger partial charge in [-0.05, 0) is 60.2 Å². The molecule has 0 aliphatic carbocycles. The van der Waals surface area contributed by atoms with Crippen LogP contribution in [0.1, 0.15) is 21.5 Å². The number of carbonyl (C=O) groups excluding carboxylic acids is 2. The second-order valence-corrected chi connectivity index (χ2v) is 12.3. The third-order valence-electron chi connectivity index (χ3n) is 7.85. The van der Waals surface area contributed by atoms with E-state index in [2.05, 4.69) is 21.2 Å². The molecule has 2 heterocycles. The maximum Gasteiger partial charge on any atom is 0.265 e.